The molecule has 0 saturated carbocycles. The number of rotatable bonds is 6. The third-order valence-corrected chi connectivity index (χ3v) is 7.03. The summed E-state index contributed by atoms with van der Waals surface area (Å²) in [6, 6.07) is 1.51. The number of hydrogen-bond acceptors (Lipinski definition) is 5. The number of nitrogens with one attached hydrogen (secondary N) is 1. The minimum Gasteiger partial charge on any atom is -0.371 e. The average Bonchev–Trinajstić information content (AvgIpc) is 3.03. The molecule has 2 aromatic rings. The van der Waals surface area contributed by atoms with Crippen LogP contribution >= 0.6 is 0 Å². The minimum atomic E-state index is -3.53. The molecule has 9 heteroatoms. The highest BCUT2D eigenvalue weighted by atomic mass is 32.2. The summed E-state index contributed by atoms with van der Waals surface area (Å²) in [4.78, 5) is 25.6. The highest BCUT2D eigenvalue weighted by Crippen LogP contribution is 2.40. The lowest BCUT2D eigenvalue weighted by molar-refractivity contribution is 0.0379. The Labute approximate surface area is 162 Å². The van der Waals surface area contributed by atoms with E-state index in [0.717, 1.165) is 0 Å². The quantitative estimate of drug-likeness (QED) is 0.737. The minimum absolute atomic E-state index is 0.0100. The lowest BCUT2D eigenvalue weighted by Crippen LogP contribution is -2.27. The summed E-state index contributed by atoms with van der Waals surface area (Å²) >= 11 is 0. The summed E-state index contributed by atoms with van der Waals surface area (Å²) in [5.74, 6) is -0.576. The van der Waals surface area contributed by atoms with E-state index in [-0.39, 0.29) is 34.8 Å². The Balaban J connectivity index is 2.20. The smallest absolute Gasteiger partial charge is 0.277 e. The normalized spacial score (nSPS) is 18.1. The molecule has 1 aromatic carbocycles. The standard InChI is InChI=1S/C19H23FN2O5S/c1-4-22-19(24)14(10-21-22)17(23)13-9-11(2)18-16(12(13)3)15(27-7-6-20)5-8-28(18,25)26/h9-10,15,21H,4-8H2,1-3H3. The van der Waals surface area contributed by atoms with Crippen molar-refractivity contribution in [3.63, 3.8) is 0 Å². The molecule has 1 aliphatic heterocycles. The zero-order valence-electron chi connectivity index (χ0n) is 16.0. The van der Waals surface area contributed by atoms with Crippen molar-refractivity contribution < 1.29 is 22.3 Å². The first-order valence-electron chi connectivity index (χ1n) is 9.10. The largest absolute Gasteiger partial charge is 0.371 e. The van der Waals surface area contributed by atoms with Crippen LogP contribution < -0.4 is 5.56 Å². The van der Waals surface area contributed by atoms with Crippen molar-refractivity contribution in [1.29, 1.82) is 0 Å². The molecule has 0 amide bonds. The maximum absolute atomic E-state index is 13.1. The zero-order chi connectivity index (χ0) is 20.6. The summed E-state index contributed by atoms with van der Waals surface area (Å²) in [6.45, 7) is 4.59. The molecule has 1 atom stereocenters. The predicted molar refractivity (Wildman–Crippen MR) is 101 cm³/mol. The van der Waals surface area contributed by atoms with Crippen molar-refractivity contribution >= 4 is 15.6 Å². The Morgan fingerprint density at radius 1 is 1.36 bits per heavy atom. The van der Waals surface area contributed by atoms with E-state index in [1.807, 2.05) is 0 Å². The highest BCUT2D eigenvalue weighted by Gasteiger charge is 2.36. The van der Waals surface area contributed by atoms with Gasteiger partial charge in [-0.3, -0.25) is 14.3 Å². The first-order valence-corrected chi connectivity index (χ1v) is 10.8. The number of hydrogen-bond donors (Lipinski definition) is 1. The third-order valence-electron chi connectivity index (χ3n) is 5.10. The first kappa shape index (κ1) is 20.5. The van der Waals surface area contributed by atoms with Crippen molar-refractivity contribution in [3.8, 4) is 0 Å². The molecule has 1 N–H and O–H groups in total. The second-order valence-electron chi connectivity index (χ2n) is 6.83. The van der Waals surface area contributed by atoms with Crippen LogP contribution in [0.15, 0.2) is 22.0 Å². The van der Waals surface area contributed by atoms with Crippen LogP contribution in [0.2, 0.25) is 0 Å². The summed E-state index contributed by atoms with van der Waals surface area (Å²) in [7, 11) is -3.53. The fourth-order valence-corrected chi connectivity index (χ4v) is 5.66. The van der Waals surface area contributed by atoms with Crippen molar-refractivity contribution in [2.75, 3.05) is 19.0 Å². The van der Waals surface area contributed by atoms with E-state index in [0.29, 0.717) is 23.2 Å². The number of sulfone groups is 1. The number of aromatic nitrogens is 2. The number of halogens is 1. The fraction of sp³-hybridized carbons (Fsp3) is 0.474. The summed E-state index contributed by atoms with van der Waals surface area (Å²) in [5, 5.41) is 2.74. The van der Waals surface area contributed by atoms with Gasteiger partial charge in [0.1, 0.15) is 12.2 Å². The topological polar surface area (TPSA) is 98.2 Å². The first-order chi connectivity index (χ1) is 13.2. The third kappa shape index (κ3) is 3.33. The fourth-order valence-electron chi connectivity index (χ4n) is 3.77. The van der Waals surface area contributed by atoms with Gasteiger partial charge in [0.15, 0.2) is 15.6 Å². The lowest BCUT2D eigenvalue weighted by atomic mass is 9.90. The zero-order valence-corrected chi connectivity index (χ0v) is 16.9. The summed E-state index contributed by atoms with van der Waals surface area (Å²) in [5.41, 5.74) is 1.07. The molecule has 1 aliphatic rings. The van der Waals surface area contributed by atoms with E-state index in [1.54, 1.807) is 20.8 Å². The molecule has 28 heavy (non-hydrogen) atoms. The molecule has 0 fully saturated rings. The van der Waals surface area contributed by atoms with Crippen LogP contribution in [0.3, 0.4) is 0 Å². The molecule has 152 valence electrons. The van der Waals surface area contributed by atoms with Gasteiger partial charge in [0.05, 0.1) is 23.4 Å². The van der Waals surface area contributed by atoms with Gasteiger partial charge in [-0.05, 0) is 44.4 Å². The van der Waals surface area contributed by atoms with Gasteiger partial charge in [0.25, 0.3) is 5.56 Å². The van der Waals surface area contributed by atoms with Crippen LogP contribution in [-0.2, 0) is 21.1 Å². The predicted octanol–water partition coefficient (Wildman–Crippen LogP) is 2.25. The van der Waals surface area contributed by atoms with Crippen molar-refractivity contribution in [2.45, 2.75) is 44.7 Å². The molecule has 0 radical (unpaired) electrons. The van der Waals surface area contributed by atoms with E-state index >= 15 is 0 Å². The van der Waals surface area contributed by atoms with E-state index < -0.39 is 34.0 Å². The number of carbonyl (C=O) groups excluding carboxylic acids is 1. The second-order valence-corrected chi connectivity index (χ2v) is 8.88. The molecular weight excluding hydrogens is 387 g/mol. The van der Waals surface area contributed by atoms with Crippen LogP contribution in [0.1, 0.15) is 52.1 Å². The molecular formula is C19H23FN2O5S. The number of ether oxygens (including phenoxy) is 1. The number of alkyl halides is 1. The van der Waals surface area contributed by atoms with Gasteiger partial charge in [0.2, 0.25) is 0 Å². The summed E-state index contributed by atoms with van der Waals surface area (Å²) in [6.07, 6.45) is 0.940. The maximum Gasteiger partial charge on any atom is 0.277 e. The number of benzene rings is 1. The van der Waals surface area contributed by atoms with Gasteiger partial charge < -0.3 is 9.84 Å². The van der Waals surface area contributed by atoms with Gasteiger partial charge >= 0.3 is 0 Å². The average molecular weight is 410 g/mol. The maximum atomic E-state index is 13.1. The molecule has 0 bridgehead atoms. The molecule has 1 unspecified atom stereocenters. The SMILES string of the molecule is CCn1[nH]cc(C(=O)c2cc(C)c3c(c2C)C(OCCF)CCS3(=O)=O)c1=O. The van der Waals surface area contributed by atoms with Gasteiger partial charge in [-0.2, -0.15) is 0 Å². The van der Waals surface area contributed by atoms with Crippen molar-refractivity contribution in [3.05, 3.63) is 50.4 Å². The molecule has 1 aromatic heterocycles. The molecule has 2 heterocycles. The van der Waals surface area contributed by atoms with E-state index in [1.165, 1.54) is 16.9 Å². The number of H-pyrrole nitrogens is 1. The van der Waals surface area contributed by atoms with Crippen LogP contribution in [0.5, 0.6) is 0 Å². The van der Waals surface area contributed by atoms with Crippen molar-refractivity contribution in [1.82, 2.24) is 9.78 Å². The van der Waals surface area contributed by atoms with Gasteiger partial charge in [-0.15, -0.1) is 0 Å². The molecule has 0 saturated heterocycles. The van der Waals surface area contributed by atoms with Crippen LogP contribution in [-0.4, -0.2) is 43.0 Å². The Morgan fingerprint density at radius 2 is 2.07 bits per heavy atom. The number of aryl methyl sites for hydroxylation is 2. The van der Waals surface area contributed by atoms with Gasteiger partial charge in [-0.25, -0.2) is 12.8 Å². The lowest BCUT2D eigenvalue weighted by Gasteiger charge is -2.29. The molecule has 7 nitrogen and oxygen atoms in total. The van der Waals surface area contributed by atoms with E-state index in [2.05, 4.69) is 5.10 Å². The number of ketones is 1. The second kappa shape index (κ2) is 7.63. The van der Waals surface area contributed by atoms with Crippen LogP contribution in [0, 0.1) is 13.8 Å². The Bertz CT molecular complexity index is 1080. The molecule has 3 rings (SSSR count). The number of nitrogens with zero attached hydrogens (tertiary/aromatic N) is 1. The Kier molecular flexibility index (Phi) is 5.58. The summed E-state index contributed by atoms with van der Waals surface area (Å²) < 4.78 is 44.8. The van der Waals surface area contributed by atoms with E-state index in [9.17, 15) is 22.4 Å². The number of carbonyl (C=O) groups is 1. The monoisotopic (exact) mass is 410 g/mol. The number of aromatic amines is 1. The van der Waals surface area contributed by atoms with E-state index in [4.69, 9.17) is 4.74 Å². The van der Waals surface area contributed by atoms with Crippen LogP contribution in [0.25, 0.3) is 0 Å². The molecule has 0 spiro atoms. The Morgan fingerprint density at radius 3 is 2.68 bits per heavy atom. The van der Waals surface area contributed by atoms with Crippen molar-refractivity contribution in [2.24, 2.45) is 0 Å². The van der Waals surface area contributed by atoms with Crippen LogP contribution in [0.4, 0.5) is 4.39 Å². The van der Waals surface area contributed by atoms with Gasteiger partial charge in [-0.1, -0.05) is 0 Å². The molecule has 0 aliphatic carbocycles. The highest BCUT2D eigenvalue weighted by molar-refractivity contribution is 7.91. The number of fused-ring (bicyclic) bond motifs is 1. The Hall–Kier alpha value is -2.26. The van der Waals surface area contributed by atoms with Gasteiger partial charge in [0, 0.05) is 23.9 Å².